The lowest BCUT2D eigenvalue weighted by Crippen LogP contribution is -1.93. The number of ether oxygens (including phenoxy) is 1. The van der Waals surface area contributed by atoms with Gasteiger partial charge in [-0.15, -0.1) is 11.8 Å². The van der Waals surface area contributed by atoms with Crippen LogP contribution in [0.4, 0.5) is 0 Å². The molecular weight excluding hydrogens is 156 g/mol. The Morgan fingerprint density at radius 3 is 2.45 bits per heavy atom. The van der Waals surface area contributed by atoms with E-state index in [2.05, 4.69) is 6.26 Å². The zero-order valence-electron chi connectivity index (χ0n) is 6.49. The van der Waals surface area contributed by atoms with Crippen LogP contribution in [0.3, 0.4) is 0 Å². The van der Waals surface area contributed by atoms with Crippen molar-refractivity contribution in [1.29, 1.82) is 0 Å². The molecule has 0 saturated heterocycles. The van der Waals surface area contributed by atoms with Gasteiger partial charge < -0.3 is 4.74 Å². The fourth-order valence-corrected chi connectivity index (χ4v) is 1.40. The zero-order chi connectivity index (χ0) is 8.10. The van der Waals surface area contributed by atoms with Crippen LogP contribution < -0.4 is 0 Å². The molecular formula is C9H11OS. The Hall–Kier alpha value is -0.470. The third-order valence-corrected chi connectivity index (χ3v) is 2.20. The minimum Gasteiger partial charge on any atom is -0.366 e. The van der Waals surface area contributed by atoms with Crippen molar-refractivity contribution in [2.24, 2.45) is 0 Å². The summed E-state index contributed by atoms with van der Waals surface area (Å²) in [7, 11) is 1.69. The molecule has 11 heavy (non-hydrogen) atoms. The Morgan fingerprint density at radius 1 is 1.36 bits per heavy atom. The molecule has 1 rings (SSSR count). The summed E-state index contributed by atoms with van der Waals surface area (Å²) >= 11 is 1.45. The van der Waals surface area contributed by atoms with Crippen molar-refractivity contribution in [3.8, 4) is 0 Å². The van der Waals surface area contributed by atoms with Gasteiger partial charge >= 0.3 is 0 Å². The van der Waals surface area contributed by atoms with Crippen LogP contribution in [0.15, 0.2) is 30.3 Å². The molecule has 0 aliphatic carbocycles. The number of rotatable bonds is 3. The van der Waals surface area contributed by atoms with E-state index < -0.39 is 0 Å². The van der Waals surface area contributed by atoms with Gasteiger partial charge in [-0.3, -0.25) is 0 Å². The number of hydrogen-bond donors (Lipinski definition) is 0. The molecule has 1 unspecified atom stereocenters. The Morgan fingerprint density at radius 2 is 2.00 bits per heavy atom. The highest BCUT2D eigenvalue weighted by Gasteiger charge is 2.05. The molecule has 1 nitrogen and oxygen atoms in total. The second-order valence-corrected chi connectivity index (χ2v) is 2.91. The molecule has 0 N–H and O–H groups in total. The predicted octanol–water partition coefficient (Wildman–Crippen LogP) is 2.86. The molecule has 0 aromatic heterocycles. The van der Waals surface area contributed by atoms with Gasteiger partial charge in [0.2, 0.25) is 0 Å². The second kappa shape index (κ2) is 4.42. The molecule has 2 heteroatoms. The van der Waals surface area contributed by atoms with Crippen LogP contribution in [0.25, 0.3) is 0 Å². The average Bonchev–Trinajstić information content (AvgIpc) is 2.09. The first-order valence-corrected chi connectivity index (χ1v) is 4.42. The van der Waals surface area contributed by atoms with Gasteiger partial charge in [-0.1, -0.05) is 30.3 Å². The minimum absolute atomic E-state index is 0.0659. The molecule has 0 saturated carbocycles. The quantitative estimate of drug-likeness (QED) is 0.640. The smallest absolute Gasteiger partial charge is 0.128 e. The summed E-state index contributed by atoms with van der Waals surface area (Å²) in [5.74, 6) is 0. The standard InChI is InChI=1S/C9H11OS/c1-10-9(11-2)8-6-4-3-5-7-8/h3-7,9H,2H2,1H3. The molecule has 0 bridgehead atoms. The van der Waals surface area contributed by atoms with Gasteiger partial charge in [-0.25, -0.2) is 0 Å². The topological polar surface area (TPSA) is 9.23 Å². The molecule has 0 spiro atoms. The molecule has 1 aromatic rings. The highest BCUT2D eigenvalue weighted by Crippen LogP contribution is 2.27. The molecule has 0 fully saturated rings. The Kier molecular flexibility index (Phi) is 3.46. The van der Waals surface area contributed by atoms with E-state index in [1.54, 1.807) is 7.11 Å². The number of methoxy groups -OCH3 is 1. The third-order valence-electron chi connectivity index (χ3n) is 1.44. The van der Waals surface area contributed by atoms with Gasteiger partial charge in [-0.05, 0) is 5.56 Å². The van der Waals surface area contributed by atoms with E-state index in [1.165, 1.54) is 11.8 Å². The van der Waals surface area contributed by atoms with Crippen molar-refractivity contribution in [2.45, 2.75) is 5.44 Å². The maximum atomic E-state index is 5.19. The van der Waals surface area contributed by atoms with Crippen LogP contribution in [0.5, 0.6) is 0 Å². The van der Waals surface area contributed by atoms with Gasteiger partial charge in [0.1, 0.15) is 5.44 Å². The van der Waals surface area contributed by atoms with Crippen LogP contribution in [0, 0.1) is 6.26 Å². The van der Waals surface area contributed by atoms with E-state index in [0.29, 0.717) is 0 Å². The zero-order valence-corrected chi connectivity index (χ0v) is 7.30. The molecule has 0 amide bonds. The highest BCUT2D eigenvalue weighted by molar-refractivity contribution is 8.00. The van der Waals surface area contributed by atoms with Gasteiger partial charge in [-0.2, -0.15) is 0 Å². The number of thioether (sulfide) groups is 1. The first kappa shape index (κ1) is 8.62. The van der Waals surface area contributed by atoms with Crippen molar-refractivity contribution in [1.82, 2.24) is 0 Å². The van der Waals surface area contributed by atoms with E-state index in [4.69, 9.17) is 4.74 Å². The molecule has 1 atom stereocenters. The Bertz CT molecular complexity index is 194. The Labute approximate surface area is 71.8 Å². The monoisotopic (exact) mass is 167 g/mol. The van der Waals surface area contributed by atoms with E-state index >= 15 is 0 Å². The molecule has 0 aliphatic heterocycles. The van der Waals surface area contributed by atoms with E-state index in [1.807, 2.05) is 30.3 Å². The van der Waals surface area contributed by atoms with Crippen LogP contribution in [-0.2, 0) is 4.74 Å². The maximum absolute atomic E-state index is 5.19. The molecule has 59 valence electrons. The lowest BCUT2D eigenvalue weighted by atomic mass is 10.2. The number of benzene rings is 1. The lowest BCUT2D eigenvalue weighted by Gasteiger charge is -2.11. The van der Waals surface area contributed by atoms with Gasteiger partial charge in [0.25, 0.3) is 0 Å². The summed E-state index contributed by atoms with van der Waals surface area (Å²) in [6.45, 7) is 0. The molecule has 1 aromatic carbocycles. The summed E-state index contributed by atoms with van der Waals surface area (Å²) in [6.07, 6.45) is 3.72. The van der Waals surface area contributed by atoms with Gasteiger partial charge in [0.15, 0.2) is 0 Å². The first-order valence-electron chi connectivity index (χ1n) is 3.37. The molecule has 1 radical (unpaired) electrons. The average molecular weight is 167 g/mol. The summed E-state index contributed by atoms with van der Waals surface area (Å²) in [4.78, 5) is 0. The van der Waals surface area contributed by atoms with E-state index in [9.17, 15) is 0 Å². The molecule has 0 aliphatic rings. The van der Waals surface area contributed by atoms with Crippen LogP contribution in [-0.4, -0.2) is 7.11 Å². The lowest BCUT2D eigenvalue weighted by molar-refractivity contribution is 0.176. The minimum atomic E-state index is 0.0659. The third kappa shape index (κ3) is 2.24. The van der Waals surface area contributed by atoms with Gasteiger partial charge in [0.05, 0.1) is 0 Å². The summed E-state index contributed by atoms with van der Waals surface area (Å²) in [6, 6.07) is 10.1. The van der Waals surface area contributed by atoms with Crippen LogP contribution in [0.2, 0.25) is 0 Å². The summed E-state index contributed by atoms with van der Waals surface area (Å²) < 4.78 is 5.19. The fourth-order valence-electron chi connectivity index (χ4n) is 0.911. The number of hydrogen-bond acceptors (Lipinski definition) is 2. The highest BCUT2D eigenvalue weighted by atomic mass is 32.2. The Balaban J connectivity index is 2.74. The van der Waals surface area contributed by atoms with Crippen molar-refractivity contribution < 1.29 is 4.74 Å². The van der Waals surface area contributed by atoms with Crippen molar-refractivity contribution in [3.63, 3.8) is 0 Å². The van der Waals surface area contributed by atoms with Crippen LogP contribution >= 0.6 is 11.8 Å². The first-order chi connectivity index (χ1) is 5.38. The normalized spacial score (nSPS) is 12.9. The van der Waals surface area contributed by atoms with Crippen molar-refractivity contribution in [3.05, 3.63) is 42.2 Å². The van der Waals surface area contributed by atoms with Gasteiger partial charge in [0, 0.05) is 13.4 Å². The summed E-state index contributed by atoms with van der Waals surface area (Å²) in [5.41, 5.74) is 1.23. The fraction of sp³-hybridized carbons (Fsp3) is 0.222. The van der Waals surface area contributed by atoms with Crippen molar-refractivity contribution >= 4 is 11.8 Å². The maximum Gasteiger partial charge on any atom is 0.128 e. The van der Waals surface area contributed by atoms with E-state index in [-0.39, 0.29) is 5.44 Å². The van der Waals surface area contributed by atoms with Crippen molar-refractivity contribution in [2.75, 3.05) is 7.11 Å². The molecule has 0 heterocycles. The predicted molar refractivity (Wildman–Crippen MR) is 49.1 cm³/mol. The van der Waals surface area contributed by atoms with Crippen LogP contribution in [0.1, 0.15) is 11.0 Å². The second-order valence-electron chi connectivity index (χ2n) is 2.14. The largest absolute Gasteiger partial charge is 0.366 e. The SMILES string of the molecule is [CH2]SC(OC)c1ccccc1. The van der Waals surface area contributed by atoms with E-state index in [0.717, 1.165) is 5.56 Å². The summed E-state index contributed by atoms with van der Waals surface area (Å²) in [5, 5.41) is 0.